The fourth-order valence-corrected chi connectivity index (χ4v) is 1.04. The highest BCUT2D eigenvalue weighted by Crippen LogP contribution is 2.30. The van der Waals surface area contributed by atoms with Gasteiger partial charge in [0.25, 0.3) is 0 Å². The zero-order valence-corrected chi connectivity index (χ0v) is 8.66. The summed E-state index contributed by atoms with van der Waals surface area (Å²) in [5.41, 5.74) is -1.06. The van der Waals surface area contributed by atoms with E-state index in [1.54, 1.807) is 27.7 Å². The number of hydrogen-bond acceptors (Lipinski definition) is 5. The van der Waals surface area contributed by atoms with Gasteiger partial charge in [-0.05, 0) is 13.8 Å². The molecule has 80 valence electrons. The third-order valence-electron chi connectivity index (χ3n) is 1.77. The standard InChI is InChI=1S/C9H14O5/c1-8(2,14-11)6-5-7(10)13-9(3,4)12-6/h5,11H,1-4H3. The number of ether oxygens (including phenoxy) is 2. The lowest BCUT2D eigenvalue weighted by molar-refractivity contribution is -0.319. The van der Waals surface area contributed by atoms with Crippen molar-refractivity contribution in [2.24, 2.45) is 0 Å². The van der Waals surface area contributed by atoms with E-state index in [1.165, 1.54) is 0 Å². The average Bonchev–Trinajstić information content (AvgIpc) is 2.00. The summed E-state index contributed by atoms with van der Waals surface area (Å²) in [7, 11) is 0. The summed E-state index contributed by atoms with van der Waals surface area (Å²) < 4.78 is 10.2. The van der Waals surface area contributed by atoms with E-state index >= 15 is 0 Å². The van der Waals surface area contributed by atoms with E-state index in [1.807, 2.05) is 0 Å². The Balaban J connectivity index is 2.95. The summed E-state index contributed by atoms with van der Waals surface area (Å²) in [5, 5.41) is 8.63. The van der Waals surface area contributed by atoms with Gasteiger partial charge < -0.3 is 9.47 Å². The van der Waals surface area contributed by atoms with E-state index in [2.05, 4.69) is 4.89 Å². The van der Waals surface area contributed by atoms with Gasteiger partial charge >= 0.3 is 5.97 Å². The molecule has 1 N–H and O–H groups in total. The molecule has 1 heterocycles. The summed E-state index contributed by atoms with van der Waals surface area (Å²) in [4.78, 5) is 15.4. The molecule has 0 aromatic carbocycles. The van der Waals surface area contributed by atoms with E-state index in [9.17, 15) is 4.79 Å². The Bertz CT molecular complexity index is 277. The minimum atomic E-state index is -1.06. The van der Waals surface area contributed by atoms with Crippen molar-refractivity contribution in [3.05, 3.63) is 11.8 Å². The van der Waals surface area contributed by atoms with Crippen LogP contribution in [0.2, 0.25) is 0 Å². The molecule has 14 heavy (non-hydrogen) atoms. The topological polar surface area (TPSA) is 65.0 Å². The van der Waals surface area contributed by atoms with Crippen molar-refractivity contribution >= 4 is 5.97 Å². The minimum Gasteiger partial charge on any atom is -0.454 e. The molecule has 0 aliphatic carbocycles. The fraction of sp³-hybridized carbons (Fsp3) is 0.667. The van der Waals surface area contributed by atoms with E-state index < -0.39 is 17.4 Å². The van der Waals surface area contributed by atoms with E-state index in [0.717, 1.165) is 6.08 Å². The van der Waals surface area contributed by atoms with Crippen LogP contribution < -0.4 is 0 Å². The maximum atomic E-state index is 11.1. The van der Waals surface area contributed by atoms with Crippen LogP contribution in [0.1, 0.15) is 27.7 Å². The summed E-state index contributed by atoms with van der Waals surface area (Å²) in [5.74, 6) is -1.31. The van der Waals surface area contributed by atoms with Gasteiger partial charge in [0, 0.05) is 13.8 Å². The van der Waals surface area contributed by atoms with Crippen LogP contribution in [-0.4, -0.2) is 22.6 Å². The molecule has 0 spiro atoms. The molecule has 5 nitrogen and oxygen atoms in total. The normalized spacial score (nSPS) is 20.9. The highest BCUT2D eigenvalue weighted by molar-refractivity contribution is 5.83. The molecule has 1 rings (SSSR count). The van der Waals surface area contributed by atoms with Gasteiger partial charge in [-0.25, -0.2) is 9.68 Å². The highest BCUT2D eigenvalue weighted by Gasteiger charge is 2.38. The van der Waals surface area contributed by atoms with Crippen LogP contribution in [0.4, 0.5) is 0 Å². The molecule has 0 bridgehead atoms. The molecule has 0 aromatic heterocycles. The molecule has 5 heteroatoms. The maximum Gasteiger partial charge on any atom is 0.337 e. The summed E-state index contributed by atoms with van der Waals surface area (Å²) in [6.45, 7) is 6.36. The minimum absolute atomic E-state index is 0.237. The zero-order valence-electron chi connectivity index (χ0n) is 8.66. The maximum absolute atomic E-state index is 11.1. The van der Waals surface area contributed by atoms with Gasteiger partial charge in [0.2, 0.25) is 5.79 Å². The Labute approximate surface area is 82.2 Å². The van der Waals surface area contributed by atoms with Crippen molar-refractivity contribution in [3.8, 4) is 0 Å². The third-order valence-corrected chi connectivity index (χ3v) is 1.77. The van der Waals surface area contributed by atoms with Crippen LogP contribution in [0.25, 0.3) is 0 Å². The van der Waals surface area contributed by atoms with Crippen molar-refractivity contribution in [1.82, 2.24) is 0 Å². The van der Waals surface area contributed by atoms with Crippen molar-refractivity contribution < 1.29 is 24.4 Å². The Kier molecular flexibility index (Phi) is 2.56. The lowest BCUT2D eigenvalue weighted by Crippen LogP contribution is -2.40. The molecule has 0 fully saturated rings. The highest BCUT2D eigenvalue weighted by atomic mass is 17.1. The van der Waals surface area contributed by atoms with E-state index in [0.29, 0.717) is 0 Å². The van der Waals surface area contributed by atoms with Gasteiger partial charge in [-0.2, -0.15) is 0 Å². The van der Waals surface area contributed by atoms with Gasteiger partial charge in [-0.3, -0.25) is 5.26 Å². The molecular weight excluding hydrogens is 188 g/mol. The van der Waals surface area contributed by atoms with Gasteiger partial charge in [0.05, 0.1) is 6.08 Å². The second-order valence-corrected chi connectivity index (χ2v) is 4.03. The Morgan fingerprint density at radius 3 is 2.43 bits per heavy atom. The number of cyclic esters (lactones) is 1. The molecule has 0 saturated carbocycles. The first-order chi connectivity index (χ1) is 6.27. The molecule has 1 aliphatic heterocycles. The predicted octanol–water partition coefficient (Wildman–Crippen LogP) is 1.45. The molecule has 1 aliphatic rings. The van der Waals surface area contributed by atoms with Crippen molar-refractivity contribution in [1.29, 1.82) is 0 Å². The molecule has 0 amide bonds. The summed E-state index contributed by atoms with van der Waals surface area (Å²) in [6, 6.07) is 0. The first-order valence-electron chi connectivity index (χ1n) is 4.23. The van der Waals surface area contributed by atoms with Gasteiger partial charge in [0.1, 0.15) is 5.76 Å². The number of carbonyl (C=O) groups is 1. The Morgan fingerprint density at radius 2 is 2.00 bits per heavy atom. The van der Waals surface area contributed by atoms with Crippen molar-refractivity contribution in [3.63, 3.8) is 0 Å². The molecule has 0 saturated heterocycles. The molecule has 0 aromatic rings. The third kappa shape index (κ3) is 2.24. The largest absolute Gasteiger partial charge is 0.454 e. The fourth-order valence-electron chi connectivity index (χ4n) is 1.04. The quantitative estimate of drug-likeness (QED) is 0.417. The van der Waals surface area contributed by atoms with Crippen LogP contribution in [0, 0.1) is 0 Å². The van der Waals surface area contributed by atoms with Crippen LogP contribution >= 0.6 is 0 Å². The summed E-state index contributed by atoms with van der Waals surface area (Å²) >= 11 is 0. The average molecular weight is 202 g/mol. The van der Waals surface area contributed by atoms with E-state index in [-0.39, 0.29) is 5.76 Å². The zero-order chi connectivity index (χ0) is 11.0. The number of esters is 1. The second kappa shape index (κ2) is 3.25. The van der Waals surface area contributed by atoms with Gasteiger partial charge in [-0.1, -0.05) is 0 Å². The van der Waals surface area contributed by atoms with Crippen LogP contribution in [-0.2, 0) is 19.2 Å². The first-order valence-corrected chi connectivity index (χ1v) is 4.23. The summed E-state index contributed by atoms with van der Waals surface area (Å²) in [6.07, 6.45) is 1.15. The monoisotopic (exact) mass is 202 g/mol. The first kappa shape index (κ1) is 11.0. The Hall–Kier alpha value is -1.07. The lowest BCUT2D eigenvalue weighted by atomic mass is 10.1. The lowest BCUT2D eigenvalue weighted by Gasteiger charge is -2.35. The molecule has 0 unspecified atom stereocenters. The number of carbonyl (C=O) groups excluding carboxylic acids is 1. The van der Waals surface area contributed by atoms with Crippen molar-refractivity contribution in [2.75, 3.05) is 0 Å². The SMILES string of the molecule is CC1(C)OC(=O)C=C(C(C)(C)OO)O1. The number of rotatable bonds is 2. The van der Waals surface area contributed by atoms with E-state index in [4.69, 9.17) is 14.7 Å². The molecule has 0 atom stereocenters. The predicted molar refractivity (Wildman–Crippen MR) is 47.1 cm³/mol. The van der Waals surface area contributed by atoms with Crippen LogP contribution in [0.15, 0.2) is 11.8 Å². The van der Waals surface area contributed by atoms with Crippen LogP contribution in [0.3, 0.4) is 0 Å². The van der Waals surface area contributed by atoms with Crippen molar-refractivity contribution in [2.45, 2.75) is 39.1 Å². The smallest absolute Gasteiger partial charge is 0.337 e. The molecular formula is C9H14O5. The van der Waals surface area contributed by atoms with Gasteiger partial charge in [-0.15, -0.1) is 0 Å². The van der Waals surface area contributed by atoms with Gasteiger partial charge in [0.15, 0.2) is 5.60 Å². The second-order valence-electron chi connectivity index (χ2n) is 4.03. The Morgan fingerprint density at radius 1 is 1.43 bits per heavy atom. The van der Waals surface area contributed by atoms with Crippen LogP contribution in [0.5, 0.6) is 0 Å². The molecule has 0 radical (unpaired) electrons. The number of hydrogen-bond donors (Lipinski definition) is 1.